The number of phenols is 1. The first-order valence-corrected chi connectivity index (χ1v) is 7.68. The standard InChI is InChI=1S/C17H25NO2/c1-3-13-7-9-14(10-8-13)11-18-17(20)15-5-4-6-16(19)12(15)2/h4-6,13-14,19H,3,7-11H2,1-2H3,(H,18,20). The van der Waals surface area contributed by atoms with E-state index in [1.54, 1.807) is 25.1 Å². The van der Waals surface area contributed by atoms with Gasteiger partial charge in [-0.05, 0) is 43.7 Å². The number of rotatable bonds is 4. The van der Waals surface area contributed by atoms with Crippen LogP contribution in [0, 0.1) is 18.8 Å². The zero-order chi connectivity index (χ0) is 14.5. The second-order valence-electron chi connectivity index (χ2n) is 5.95. The van der Waals surface area contributed by atoms with Crippen LogP contribution in [-0.4, -0.2) is 17.6 Å². The minimum Gasteiger partial charge on any atom is -0.508 e. The molecule has 0 aromatic heterocycles. The zero-order valence-corrected chi connectivity index (χ0v) is 12.5. The molecular formula is C17H25NO2. The van der Waals surface area contributed by atoms with Crippen molar-refractivity contribution in [2.24, 2.45) is 11.8 Å². The number of phenolic OH excluding ortho intramolecular Hbond substituents is 1. The Morgan fingerprint density at radius 2 is 1.90 bits per heavy atom. The topological polar surface area (TPSA) is 49.3 Å². The van der Waals surface area contributed by atoms with Crippen molar-refractivity contribution in [1.82, 2.24) is 5.32 Å². The Morgan fingerprint density at radius 3 is 2.55 bits per heavy atom. The number of aromatic hydroxyl groups is 1. The lowest BCUT2D eigenvalue weighted by atomic mass is 9.81. The molecular weight excluding hydrogens is 250 g/mol. The van der Waals surface area contributed by atoms with E-state index in [4.69, 9.17) is 0 Å². The van der Waals surface area contributed by atoms with Crippen molar-refractivity contribution in [3.8, 4) is 5.75 Å². The predicted octanol–water partition coefficient (Wildman–Crippen LogP) is 3.65. The van der Waals surface area contributed by atoms with Crippen LogP contribution in [0.3, 0.4) is 0 Å². The van der Waals surface area contributed by atoms with E-state index in [0.29, 0.717) is 17.0 Å². The van der Waals surface area contributed by atoms with Crippen molar-refractivity contribution >= 4 is 5.91 Å². The Labute approximate surface area is 121 Å². The van der Waals surface area contributed by atoms with Crippen molar-refractivity contribution in [3.63, 3.8) is 0 Å². The molecule has 1 aromatic rings. The number of amides is 1. The molecule has 0 heterocycles. The minimum atomic E-state index is -0.0731. The molecule has 1 fully saturated rings. The smallest absolute Gasteiger partial charge is 0.251 e. The molecule has 20 heavy (non-hydrogen) atoms. The van der Waals surface area contributed by atoms with Crippen LogP contribution in [0.2, 0.25) is 0 Å². The molecule has 0 radical (unpaired) electrons. The normalized spacial score (nSPS) is 22.5. The largest absolute Gasteiger partial charge is 0.508 e. The summed E-state index contributed by atoms with van der Waals surface area (Å²) in [4.78, 5) is 12.2. The van der Waals surface area contributed by atoms with Gasteiger partial charge in [-0.1, -0.05) is 32.3 Å². The Morgan fingerprint density at radius 1 is 1.25 bits per heavy atom. The monoisotopic (exact) mass is 275 g/mol. The third-order valence-corrected chi connectivity index (χ3v) is 4.64. The summed E-state index contributed by atoms with van der Waals surface area (Å²) in [6.07, 6.45) is 6.31. The molecule has 0 bridgehead atoms. The molecule has 2 rings (SSSR count). The molecule has 1 amide bonds. The van der Waals surface area contributed by atoms with Gasteiger partial charge in [-0.2, -0.15) is 0 Å². The second kappa shape index (κ2) is 6.78. The van der Waals surface area contributed by atoms with Gasteiger partial charge in [0.2, 0.25) is 0 Å². The van der Waals surface area contributed by atoms with Crippen LogP contribution < -0.4 is 5.32 Å². The van der Waals surface area contributed by atoms with Crippen molar-refractivity contribution in [2.45, 2.75) is 46.0 Å². The van der Waals surface area contributed by atoms with Crippen LogP contribution in [0.25, 0.3) is 0 Å². The molecule has 1 saturated carbocycles. The summed E-state index contributed by atoms with van der Waals surface area (Å²) >= 11 is 0. The van der Waals surface area contributed by atoms with Crippen LogP contribution >= 0.6 is 0 Å². The number of carbonyl (C=O) groups excluding carboxylic acids is 1. The molecule has 0 aliphatic heterocycles. The van der Waals surface area contributed by atoms with Gasteiger partial charge < -0.3 is 10.4 Å². The van der Waals surface area contributed by atoms with Crippen LogP contribution in [0.5, 0.6) is 5.75 Å². The van der Waals surface area contributed by atoms with E-state index in [1.807, 2.05) is 0 Å². The fourth-order valence-corrected chi connectivity index (χ4v) is 3.05. The van der Waals surface area contributed by atoms with Gasteiger partial charge in [-0.3, -0.25) is 4.79 Å². The third-order valence-electron chi connectivity index (χ3n) is 4.64. The van der Waals surface area contributed by atoms with Crippen LogP contribution in [-0.2, 0) is 0 Å². The number of nitrogens with one attached hydrogen (secondary N) is 1. The molecule has 110 valence electrons. The lowest BCUT2D eigenvalue weighted by Gasteiger charge is -2.27. The lowest BCUT2D eigenvalue weighted by molar-refractivity contribution is 0.0940. The van der Waals surface area contributed by atoms with Crippen LogP contribution in [0.15, 0.2) is 18.2 Å². The first-order valence-electron chi connectivity index (χ1n) is 7.68. The molecule has 3 nitrogen and oxygen atoms in total. The van der Waals surface area contributed by atoms with Gasteiger partial charge in [0.25, 0.3) is 5.91 Å². The lowest BCUT2D eigenvalue weighted by Crippen LogP contribution is -2.31. The molecule has 0 spiro atoms. The Bertz CT molecular complexity index is 462. The highest BCUT2D eigenvalue weighted by atomic mass is 16.3. The van der Waals surface area contributed by atoms with E-state index in [-0.39, 0.29) is 11.7 Å². The van der Waals surface area contributed by atoms with E-state index >= 15 is 0 Å². The first kappa shape index (κ1) is 14.9. The number of benzene rings is 1. The van der Waals surface area contributed by atoms with Gasteiger partial charge in [0, 0.05) is 17.7 Å². The third kappa shape index (κ3) is 3.53. The Balaban J connectivity index is 1.85. The van der Waals surface area contributed by atoms with Gasteiger partial charge in [-0.25, -0.2) is 0 Å². The second-order valence-corrected chi connectivity index (χ2v) is 5.95. The van der Waals surface area contributed by atoms with Gasteiger partial charge in [0.05, 0.1) is 0 Å². The predicted molar refractivity (Wildman–Crippen MR) is 80.9 cm³/mol. The summed E-state index contributed by atoms with van der Waals surface area (Å²) < 4.78 is 0. The maximum absolute atomic E-state index is 12.2. The summed E-state index contributed by atoms with van der Waals surface area (Å²) in [5.41, 5.74) is 1.23. The zero-order valence-electron chi connectivity index (χ0n) is 12.5. The van der Waals surface area contributed by atoms with Crippen LogP contribution in [0.1, 0.15) is 54.9 Å². The van der Waals surface area contributed by atoms with E-state index in [9.17, 15) is 9.90 Å². The van der Waals surface area contributed by atoms with E-state index in [1.165, 1.54) is 32.1 Å². The molecule has 0 saturated heterocycles. The summed E-state index contributed by atoms with van der Waals surface area (Å²) in [5, 5.41) is 12.7. The minimum absolute atomic E-state index is 0.0731. The molecule has 1 aliphatic carbocycles. The van der Waals surface area contributed by atoms with E-state index in [0.717, 1.165) is 12.5 Å². The molecule has 2 N–H and O–H groups in total. The van der Waals surface area contributed by atoms with Crippen molar-refractivity contribution in [3.05, 3.63) is 29.3 Å². The maximum Gasteiger partial charge on any atom is 0.251 e. The SMILES string of the molecule is CCC1CCC(CNC(=O)c2cccc(O)c2C)CC1. The van der Waals surface area contributed by atoms with E-state index in [2.05, 4.69) is 12.2 Å². The quantitative estimate of drug-likeness (QED) is 0.881. The van der Waals surface area contributed by atoms with Crippen LogP contribution in [0.4, 0.5) is 0 Å². The summed E-state index contributed by atoms with van der Waals surface area (Å²) in [6.45, 7) is 4.79. The molecule has 3 heteroatoms. The van der Waals surface area contributed by atoms with Crippen molar-refractivity contribution in [1.29, 1.82) is 0 Å². The van der Waals surface area contributed by atoms with Gasteiger partial charge >= 0.3 is 0 Å². The fraction of sp³-hybridized carbons (Fsp3) is 0.588. The summed E-state index contributed by atoms with van der Waals surface area (Å²) in [6, 6.07) is 5.08. The Hall–Kier alpha value is -1.51. The molecule has 1 aliphatic rings. The van der Waals surface area contributed by atoms with Crippen molar-refractivity contribution in [2.75, 3.05) is 6.54 Å². The van der Waals surface area contributed by atoms with E-state index < -0.39 is 0 Å². The number of carbonyl (C=O) groups is 1. The first-order chi connectivity index (χ1) is 9.61. The average Bonchev–Trinajstić information content (AvgIpc) is 2.48. The summed E-state index contributed by atoms with van der Waals surface area (Å²) in [7, 11) is 0. The van der Waals surface area contributed by atoms with Gasteiger partial charge in [0.15, 0.2) is 0 Å². The highest BCUT2D eigenvalue weighted by molar-refractivity contribution is 5.96. The fourth-order valence-electron chi connectivity index (χ4n) is 3.05. The Kier molecular flexibility index (Phi) is 5.05. The number of hydrogen-bond donors (Lipinski definition) is 2. The average molecular weight is 275 g/mol. The molecule has 0 atom stereocenters. The van der Waals surface area contributed by atoms with Gasteiger partial charge in [0.1, 0.15) is 5.75 Å². The molecule has 1 aromatic carbocycles. The van der Waals surface area contributed by atoms with Crippen molar-refractivity contribution < 1.29 is 9.90 Å². The molecule has 0 unspecified atom stereocenters. The summed E-state index contributed by atoms with van der Waals surface area (Å²) in [5.74, 6) is 1.60. The maximum atomic E-state index is 12.2. The van der Waals surface area contributed by atoms with Gasteiger partial charge in [-0.15, -0.1) is 0 Å². The highest BCUT2D eigenvalue weighted by Crippen LogP contribution is 2.30. The number of hydrogen-bond acceptors (Lipinski definition) is 2. The highest BCUT2D eigenvalue weighted by Gasteiger charge is 2.20.